The van der Waals surface area contributed by atoms with Crippen LogP contribution in [0.25, 0.3) is 0 Å². The fraction of sp³-hybridized carbons (Fsp3) is 0.435. The number of benzene rings is 2. The summed E-state index contributed by atoms with van der Waals surface area (Å²) in [6.45, 7) is 3.71. The molecule has 1 saturated heterocycles. The molecule has 1 atom stereocenters. The summed E-state index contributed by atoms with van der Waals surface area (Å²) in [5, 5.41) is 16.9. The zero-order valence-electron chi connectivity index (χ0n) is 17.8. The predicted octanol–water partition coefficient (Wildman–Crippen LogP) is 3.39. The molecule has 0 bridgehead atoms. The summed E-state index contributed by atoms with van der Waals surface area (Å²) >= 11 is 0. The van der Waals surface area contributed by atoms with Crippen LogP contribution in [0.3, 0.4) is 0 Å². The summed E-state index contributed by atoms with van der Waals surface area (Å²) in [7, 11) is 3.38. The van der Waals surface area contributed by atoms with E-state index in [4.69, 9.17) is 4.74 Å². The monoisotopic (exact) mass is 524 g/mol. The van der Waals surface area contributed by atoms with Gasteiger partial charge in [0.25, 0.3) is 0 Å². The van der Waals surface area contributed by atoms with Gasteiger partial charge < -0.3 is 20.5 Å². The number of aliphatic imine (C=N–C) groups is 1. The molecule has 2 aromatic carbocycles. The summed E-state index contributed by atoms with van der Waals surface area (Å²) < 4.78 is 5.13. The van der Waals surface area contributed by atoms with Crippen molar-refractivity contribution in [3.05, 3.63) is 59.7 Å². The van der Waals surface area contributed by atoms with Crippen molar-refractivity contribution < 1.29 is 9.84 Å². The van der Waals surface area contributed by atoms with Gasteiger partial charge in [0.2, 0.25) is 0 Å². The maximum atomic E-state index is 10.1. The van der Waals surface area contributed by atoms with E-state index in [-0.39, 0.29) is 29.7 Å². The highest BCUT2D eigenvalue weighted by Gasteiger charge is 2.24. The first-order chi connectivity index (χ1) is 14.2. The van der Waals surface area contributed by atoms with Crippen LogP contribution in [0.15, 0.2) is 53.5 Å². The van der Waals surface area contributed by atoms with Crippen molar-refractivity contribution in [3.8, 4) is 11.5 Å². The van der Waals surface area contributed by atoms with Crippen molar-refractivity contribution in [1.29, 1.82) is 0 Å². The molecule has 30 heavy (non-hydrogen) atoms. The average Bonchev–Trinajstić information content (AvgIpc) is 3.19. The number of hydrogen-bond acceptors (Lipinski definition) is 4. The zero-order valence-corrected chi connectivity index (χ0v) is 20.1. The molecular formula is C23H33IN4O2. The Morgan fingerprint density at radius 1 is 1.20 bits per heavy atom. The summed E-state index contributed by atoms with van der Waals surface area (Å²) in [6, 6.07) is 16.6. The molecule has 6 nitrogen and oxygen atoms in total. The first kappa shape index (κ1) is 24.3. The smallest absolute Gasteiger partial charge is 0.191 e. The molecule has 0 aliphatic carbocycles. The third-order valence-corrected chi connectivity index (χ3v) is 5.44. The van der Waals surface area contributed by atoms with Crippen LogP contribution in [0.2, 0.25) is 0 Å². The lowest BCUT2D eigenvalue weighted by atomic mass is 10.1. The van der Waals surface area contributed by atoms with E-state index in [1.54, 1.807) is 20.2 Å². The quantitative estimate of drug-likeness (QED) is 0.281. The van der Waals surface area contributed by atoms with E-state index in [1.807, 2.05) is 12.1 Å². The minimum absolute atomic E-state index is 0. The van der Waals surface area contributed by atoms with Gasteiger partial charge in [-0.15, -0.1) is 24.0 Å². The fourth-order valence-corrected chi connectivity index (χ4v) is 3.79. The number of nitrogens with zero attached hydrogens (tertiary/aromatic N) is 2. The first-order valence-corrected chi connectivity index (χ1v) is 10.3. The number of guanidine groups is 1. The molecule has 0 aromatic heterocycles. The highest BCUT2D eigenvalue weighted by molar-refractivity contribution is 14.0. The maximum Gasteiger partial charge on any atom is 0.191 e. The number of ether oxygens (including phenoxy) is 1. The average molecular weight is 524 g/mol. The fourth-order valence-electron chi connectivity index (χ4n) is 3.79. The molecule has 7 heteroatoms. The van der Waals surface area contributed by atoms with Gasteiger partial charge in [0, 0.05) is 38.8 Å². The number of aromatic hydroxyl groups is 1. The normalized spacial score (nSPS) is 16.7. The van der Waals surface area contributed by atoms with Gasteiger partial charge >= 0.3 is 0 Å². The summed E-state index contributed by atoms with van der Waals surface area (Å²) in [5.41, 5.74) is 2.25. The van der Waals surface area contributed by atoms with Gasteiger partial charge in [-0.2, -0.15) is 0 Å². The van der Waals surface area contributed by atoms with Gasteiger partial charge in [-0.25, -0.2) is 0 Å². The molecule has 1 fully saturated rings. The molecule has 3 N–H and O–H groups in total. The lowest BCUT2D eigenvalue weighted by Gasteiger charge is -2.25. The van der Waals surface area contributed by atoms with Gasteiger partial charge in [-0.3, -0.25) is 9.89 Å². The largest absolute Gasteiger partial charge is 0.508 e. The van der Waals surface area contributed by atoms with Crippen molar-refractivity contribution in [2.75, 3.05) is 33.8 Å². The van der Waals surface area contributed by atoms with Crippen LogP contribution < -0.4 is 15.4 Å². The van der Waals surface area contributed by atoms with Crippen LogP contribution >= 0.6 is 24.0 Å². The number of hydrogen-bond donors (Lipinski definition) is 3. The van der Waals surface area contributed by atoms with Crippen LogP contribution in [-0.2, 0) is 13.0 Å². The van der Waals surface area contributed by atoms with E-state index in [1.165, 1.54) is 18.4 Å². The van der Waals surface area contributed by atoms with Crippen molar-refractivity contribution >= 4 is 29.9 Å². The minimum Gasteiger partial charge on any atom is -0.508 e. The third kappa shape index (κ3) is 7.05. The molecule has 164 valence electrons. The van der Waals surface area contributed by atoms with E-state index < -0.39 is 0 Å². The topological polar surface area (TPSA) is 69.1 Å². The van der Waals surface area contributed by atoms with Crippen LogP contribution in [0, 0.1) is 0 Å². The van der Waals surface area contributed by atoms with E-state index >= 15 is 0 Å². The first-order valence-electron chi connectivity index (χ1n) is 10.3. The second kappa shape index (κ2) is 12.6. The number of phenols is 1. The number of methoxy groups -OCH3 is 1. The van der Waals surface area contributed by atoms with Crippen LogP contribution in [-0.4, -0.2) is 55.8 Å². The molecule has 1 heterocycles. The van der Waals surface area contributed by atoms with E-state index in [0.717, 1.165) is 31.2 Å². The standard InChI is InChI=1S/C23H32N4O2.HI/c1-24-23(25-13-12-19-10-11-21(29-2)15-22(19)28)26-16-20-9-6-14-27(20)17-18-7-4-3-5-8-18;/h3-5,7-8,10-11,15,20,28H,6,9,12-14,16-17H2,1-2H3,(H2,24,25,26);1H. The Morgan fingerprint density at radius 3 is 2.70 bits per heavy atom. The molecule has 0 amide bonds. The Labute approximate surface area is 196 Å². The number of phenolic OH excluding ortho intramolecular Hbond substituents is 1. The van der Waals surface area contributed by atoms with Gasteiger partial charge in [0.05, 0.1) is 7.11 Å². The van der Waals surface area contributed by atoms with Crippen LogP contribution in [0.5, 0.6) is 11.5 Å². The molecule has 0 spiro atoms. The second-order valence-corrected chi connectivity index (χ2v) is 7.38. The molecule has 0 saturated carbocycles. The second-order valence-electron chi connectivity index (χ2n) is 7.38. The van der Waals surface area contributed by atoms with Crippen molar-refractivity contribution in [2.24, 2.45) is 4.99 Å². The molecule has 1 aliphatic heterocycles. The van der Waals surface area contributed by atoms with Gasteiger partial charge in [0.15, 0.2) is 5.96 Å². The molecule has 2 aromatic rings. The highest BCUT2D eigenvalue weighted by Crippen LogP contribution is 2.23. The summed E-state index contributed by atoms with van der Waals surface area (Å²) in [4.78, 5) is 6.88. The lowest BCUT2D eigenvalue weighted by Crippen LogP contribution is -2.45. The number of nitrogens with one attached hydrogen (secondary N) is 2. The Morgan fingerprint density at radius 2 is 2.00 bits per heavy atom. The van der Waals surface area contributed by atoms with E-state index in [9.17, 15) is 5.11 Å². The van der Waals surface area contributed by atoms with E-state index in [0.29, 0.717) is 24.8 Å². The van der Waals surface area contributed by atoms with Crippen molar-refractivity contribution in [3.63, 3.8) is 0 Å². The van der Waals surface area contributed by atoms with E-state index in [2.05, 4.69) is 50.9 Å². The summed E-state index contributed by atoms with van der Waals surface area (Å²) in [6.07, 6.45) is 3.15. The van der Waals surface area contributed by atoms with Crippen molar-refractivity contribution in [2.45, 2.75) is 31.8 Å². The predicted molar refractivity (Wildman–Crippen MR) is 133 cm³/mol. The SMILES string of the molecule is CN=C(NCCc1ccc(OC)cc1O)NCC1CCCN1Cc1ccccc1.I. The zero-order chi connectivity index (χ0) is 20.5. The Hall–Kier alpha value is -2.00. The van der Waals surface area contributed by atoms with Crippen LogP contribution in [0.1, 0.15) is 24.0 Å². The Kier molecular flexibility index (Phi) is 10.2. The van der Waals surface area contributed by atoms with Gasteiger partial charge in [0.1, 0.15) is 11.5 Å². The van der Waals surface area contributed by atoms with Crippen LogP contribution in [0.4, 0.5) is 0 Å². The lowest BCUT2D eigenvalue weighted by molar-refractivity contribution is 0.245. The number of halogens is 1. The van der Waals surface area contributed by atoms with Gasteiger partial charge in [-0.05, 0) is 43.0 Å². The Bertz CT molecular complexity index is 801. The summed E-state index contributed by atoms with van der Waals surface area (Å²) in [5.74, 6) is 1.72. The number of likely N-dealkylation sites (tertiary alicyclic amines) is 1. The molecule has 0 radical (unpaired) electrons. The number of rotatable bonds is 8. The molecule has 3 rings (SSSR count). The molecule has 1 unspecified atom stereocenters. The minimum atomic E-state index is 0. The van der Waals surface area contributed by atoms with Crippen molar-refractivity contribution in [1.82, 2.24) is 15.5 Å². The molecular weight excluding hydrogens is 491 g/mol. The van der Waals surface area contributed by atoms with Gasteiger partial charge in [-0.1, -0.05) is 36.4 Å². The molecule has 1 aliphatic rings. The maximum absolute atomic E-state index is 10.1. The Balaban J connectivity index is 0.00000320. The third-order valence-electron chi connectivity index (χ3n) is 5.44. The highest BCUT2D eigenvalue weighted by atomic mass is 127.